The van der Waals surface area contributed by atoms with Crippen LogP contribution in [0.1, 0.15) is 18.5 Å². The standard InChI is InChI=1S/C26H29F3N4S/c1-32-14-11-19(12-15-32)31-24-9-4-10-25-23(24)17-21(33(25)18-26(27,28)29)7-5-13-30-20-6-3-8-22(16-20)34-2/h3-4,6,8-10,16-17,19,30-31H,11-15,18H2,1-2H3. The lowest BCUT2D eigenvalue weighted by Crippen LogP contribution is -2.36. The van der Waals surface area contributed by atoms with E-state index in [1.54, 1.807) is 23.9 Å². The lowest BCUT2D eigenvalue weighted by Gasteiger charge is -2.30. The molecule has 4 rings (SSSR count). The van der Waals surface area contributed by atoms with Crippen molar-refractivity contribution in [3.63, 3.8) is 0 Å². The number of fused-ring (bicyclic) bond motifs is 1. The number of hydrogen-bond donors (Lipinski definition) is 2. The van der Waals surface area contributed by atoms with Crippen molar-refractivity contribution in [2.24, 2.45) is 0 Å². The molecule has 1 aliphatic rings. The number of likely N-dealkylation sites (tertiary alicyclic amines) is 1. The molecule has 0 saturated carbocycles. The van der Waals surface area contributed by atoms with E-state index in [-0.39, 0.29) is 0 Å². The molecule has 3 aromatic rings. The van der Waals surface area contributed by atoms with Crippen LogP contribution < -0.4 is 10.6 Å². The number of piperidine rings is 1. The van der Waals surface area contributed by atoms with Gasteiger partial charge in [-0.15, -0.1) is 11.8 Å². The monoisotopic (exact) mass is 486 g/mol. The van der Waals surface area contributed by atoms with Gasteiger partial charge in [-0.3, -0.25) is 0 Å². The number of rotatable bonds is 6. The predicted molar refractivity (Wildman–Crippen MR) is 136 cm³/mol. The molecule has 0 spiro atoms. The Morgan fingerprint density at radius 3 is 2.59 bits per heavy atom. The minimum absolute atomic E-state index is 0.309. The number of hydrogen-bond acceptors (Lipinski definition) is 4. The summed E-state index contributed by atoms with van der Waals surface area (Å²) in [6.07, 6.45) is -0.317. The number of alkyl halides is 3. The summed E-state index contributed by atoms with van der Waals surface area (Å²) in [5.41, 5.74) is 2.70. The van der Waals surface area contributed by atoms with E-state index in [0.29, 0.717) is 23.8 Å². The number of aromatic nitrogens is 1. The van der Waals surface area contributed by atoms with Gasteiger partial charge >= 0.3 is 6.18 Å². The maximum atomic E-state index is 13.4. The Hall–Kier alpha value is -2.76. The molecule has 34 heavy (non-hydrogen) atoms. The van der Waals surface area contributed by atoms with Gasteiger partial charge in [0, 0.05) is 27.7 Å². The molecule has 0 unspecified atom stereocenters. The lowest BCUT2D eigenvalue weighted by atomic mass is 10.0. The molecule has 0 bridgehead atoms. The zero-order valence-electron chi connectivity index (χ0n) is 19.4. The smallest absolute Gasteiger partial charge is 0.382 e. The predicted octanol–water partition coefficient (Wildman–Crippen LogP) is 5.90. The molecule has 2 aromatic carbocycles. The summed E-state index contributed by atoms with van der Waals surface area (Å²) in [6.45, 7) is 1.28. The van der Waals surface area contributed by atoms with Gasteiger partial charge in [0.05, 0.1) is 17.8 Å². The normalized spacial score (nSPS) is 15.2. The molecule has 8 heteroatoms. The first-order valence-electron chi connectivity index (χ1n) is 11.3. The molecule has 1 fully saturated rings. The Bertz CT molecular complexity index is 1180. The minimum atomic E-state index is -4.34. The molecule has 2 heterocycles. The maximum Gasteiger partial charge on any atom is 0.406 e. The molecule has 0 atom stereocenters. The zero-order valence-corrected chi connectivity index (χ0v) is 20.2. The van der Waals surface area contributed by atoms with Gasteiger partial charge in [0.1, 0.15) is 6.54 Å². The van der Waals surface area contributed by atoms with Crippen LogP contribution in [0.2, 0.25) is 0 Å². The van der Waals surface area contributed by atoms with Gasteiger partial charge in [-0.25, -0.2) is 0 Å². The van der Waals surface area contributed by atoms with Crippen LogP contribution in [0, 0.1) is 11.8 Å². The van der Waals surface area contributed by atoms with E-state index in [1.165, 1.54) is 4.57 Å². The Kier molecular flexibility index (Phi) is 7.64. The first-order valence-corrected chi connectivity index (χ1v) is 12.6. The lowest BCUT2D eigenvalue weighted by molar-refractivity contribution is -0.140. The largest absolute Gasteiger partial charge is 0.406 e. The molecule has 4 nitrogen and oxygen atoms in total. The number of anilines is 2. The molecule has 1 aromatic heterocycles. The number of thioether (sulfide) groups is 1. The summed E-state index contributed by atoms with van der Waals surface area (Å²) in [5, 5.41) is 7.56. The van der Waals surface area contributed by atoms with Crippen molar-refractivity contribution in [1.29, 1.82) is 0 Å². The van der Waals surface area contributed by atoms with Gasteiger partial charge in [0.15, 0.2) is 0 Å². The second kappa shape index (κ2) is 10.7. The summed E-state index contributed by atoms with van der Waals surface area (Å²) < 4.78 is 41.5. The first-order chi connectivity index (χ1) is 16.3. The highest BCUT2D eigenvalue weighted by Gasteiger charge is 2.30. The van der Waals surface area contributed by atoms with Crippen molar-refractivity contribution in [1.82, 2.24) is 9.47 Å². The van der Waals surface area contributed by atoms with Crippen LogP contribution in [-0.2, 0) is 6.54 Å². The number of nitrogens with one attached hydrogen (secondary N) is 2. The molecule has 0 radical (unpaired) electrons. The van der Waals surface area contributed by atoms with Gasteiger partial charge < -0.3 is 20.1 Å². The Labute approximate surface area is 202 Å². The number of halogens is 3. The van der Waals surface area contributed by atoms with Crippen molar-refractivity contribution < 1.29 is 13.2 Å². The molecular weight excluding hydrogens is 457 g/mol. The van der Waals surface area contributed by atoms with E-state index in [0.717, 1.165) is 47.6 Å². The average Bonchev–Trinajstić information content (AvgIpc) is 3.15. The third-order valence-corrected chi connectivity index (χ3v) is 6.75. The van der Waals surface area contributed by atoms with Crippen molar-refractivity contribution in [3.8, 4) is 11.8 Å². The van der Waals surface area contributed by atoms with Gasteiger partial charge in [-0.1, -0.05) is 18.1 Å². The Morgan fingerprint density at radius 1 is 1.09 bits per heavy atom. The van der Waals surface area contributed by atoms with Gasteiger partial charge in [0.2, 0.25) is 0 Å². The molecule has 1 saturated heterocycles. The molecule has 0 amide bonds. The summed E-state index contributed by atoms with van der Waals surface area (Å²) >= 11 is 1.65. The number of benzene rings is 2. The summed E-state index contributed by atoms with van der Waals surface area (Å²) in [6, 6.07) is 15.5. The highest BCUT2D eigenvalue weighted by molar-refractivity contribution is 7.98. The first kappa shape index (κ1) is 24.4. The van der Waals surface area contributed by atoms with Gasteiger partial charge in [-0.05, 0) is 81.6 Å². The summed E-state index contributed by atoms with van der Waals surface area (Å²) in [4.78, 5) is 3.42. The fraction of sp³-hybridized carbons (Fsp3) is 0.385. The molecule has 2 N–H and O–H groups in total. The van der Waals surface area contributed by atoms with Gasteiger partial charge in [0.25, 0.3) is 0 Å². The van der Waals surface area contributed by atoms with Gasteiger partial charge in [-0.2, -0.15) is 13.2 Å². The third kappa shape index (κ3) is 6.22. The Morgan fingerprint density at radius 2 is 1.85 bits per heavy atom. The summed E-state index contributed by atoms with van der Waals surface area (Å²) in [7, 11) is 2.10. The van der Waals surface area contributed by atoms with Crippen LogP contribution in [0.25, 0.3) is 10.9 Å². The topological polar surface area (TPSA) is 32.2 Å². The van der Waals surface area contributed by atoms with Crippen molar-refractivity contribution in [3.05, 3.63) is 54.2 Å². The van der Waals surface area contributed by atoms with E-state index in [1.807, 2.05) is 42.7 Å². The minimum Gasteiger partial charge on any atom is -0.382 e. The van der Waals surface area contributed by atoms with Crippen molar-refractivity contribution in [2.45, 2.75) is 36.5 Å². The van der Waals surface area contributed by atoms with E-state index in [9.17, 15) is 13.2 Å². The Balaban J connectivity index is 1.58. The average molecular weight is 487 g/mol. The number of nitrogens with zero attached hydrogens (tertiary/aromatic N) is 2. The summed E-state index contributed by atoms with van der Waals surface area (Å²) in [5.74, 6) is 5.97. The van der Waals surface area contributed by atoms with E-state index in [2.05, 4.69) is 34.4 Å². The molecular formula is C26H29F3N4S. The van der Waals surface area contributed by atoms with E-state index in [4.69, 9.17) is 0 Å². The second-order valence-corrected chi connectivity index (χ2v) is 9.46. The molecule has 180 valence electrons. The highest BCUT2D eigenvalue weighted by atomic mass is 32.2. The zero-order chi connectivity index (χ0) is 24.1. The molecule has 1 aliphatic heterocycles. The van der Waals surface area contributed by atoms with E-state index < -0.39 is 12.7 Å². The van der Waals surface area contributed by atoms with Crippen LogP contribution in [0.15, 0.2) is 53.4 Å². The fourth-order valence-electron chi connectivity index (χ4n) is 4.25. The van der Waals surface area contributed by atoms with Crippen molar-refractivity contribution in [2.75, 3.05) is 43.6 Å². The highest BCUT2D eigenvalue weighted by Crippen LogP contribution is 2.31. The van der Waals surface area contributed by atoms with Crippen LogP contribution in [0.4, 0.5) is 24.5 Å². The molecule has 0 aliphatic carbocycles. The van der Waals surface area contributed by atoms with Crippen LogP contribution >= 0.6 is 11.8 Å². The van der Waals surface area contributed by atoms with Crippen molar-refractivity contribution >= 4 is 34.0 Å². The van der Waals surface area contributed by atoms with Crippen LogP contribution in [0.3, 0.4) is 0 Å². The maximum absolute atomic E-state index is 13.4. The van der Waals surface area contributed by atoms with E-state index >= 15 is 0 Å². The fourth-order valence-corrected chi connectivity index (χ4v) is 4.71. The SMILES string of the molecule is CSc1cccc(NCC#Cc2cc3c(NC4CCN(C)CC4)cccc3n2CC(F)(F)F)c1. The quantitative estimate of drug-likeness (QED) is 0.336. The van der Waals surface area contributed by atoms with Crippen LogP contribution in [-0.4, -0.2) is 54.6 Å². The second-order valence-electron chi connectivity index (χ2n) is 8.58. The van der Waals surface area contributed by atoms with Crippen LogP contribution in [0.5, 0.6) is 0 Å². The third-order valence-electron chi connectivity index (χ3n) is 6.03.